The van der Waals surface area contributed by atoms with Gasteiger partial charge in [0.2, 0.25) is 5.91 Å². The summed E-state index contributed by atoms with van der Waals surface area (Å²) in [6.07, 6.45) is 0.0595. The molecule has 10 heteroatoms. The highest BCUT2D eigenvalue weighted by Crippen LogP contribution is 2.25. The molecule has 0 aliphatic rings. The van der Waals surface area contributed by atoms with Gasteiger partial charge in [-0.2, -0.15) is 0 Å². The van der Waals surface area contributed by atoms with E-state index in [1.54, 1.807) is 36.4 Å². The molecule has 0 saturated carbocycles. The van der Waals surface area contributed by atoms with E-state index in [-0.39, 0.29) is 35.8 Å². The normalized spacial score (nSPS) is 10.0. The molecule has 0 heterocycles. The maximum Gasteiger partial charge on any atom is 0.350 e. The number of benzene rings is 3. The molecule has 3 aromatic carbocycles. The van der Waals surface area contributed by atoms with Crippen molar-refractivity contribution in [1.29, 1.82) is 5.41 Å². The van der Waals surface area contributed by atoms with Crippen LogP contribution in [0.2, 0.25) is 0 Å². The van der Waals surface area contributed by atoms with Gasteiger partial charge < -0.3 is 10.5 Å². The molecular formula is C20H17ClN4O5. The molecule has 1 amide bonds. The number of guanidine groups is 1. The molecule has 3 aromatic rings. The molecule has 0 radical (unpaired) electrons. The highest BCUT2D eigenvalue weighted by atomic mass is 35.5. The van der Waals surface area contributed by atoms with Gasteiger partial charge in [0.15, 0.2) is 5.96 Å². The molecule has 0 fully saturated rings. The fraction of sp³-hybridized carbons (Fsp3) is 0.0500. The molecule has 0 spiro atoms. The van der Waals surface area contributed by atoms with Gasteiger partial charge in [-0.1, -0.05) is 36.4 Å². The van der Waals surface area contributed by atoms with Crippen molar-refractivity contribution in [3.8, 4) is 5.75 Å². The van der Waals surface area contributed by atoms with Crippen molar-refractivity contribution in [2.24, 2.45) is 5.73 Å². The van der Waals surface area contributed by atoms with Gasteiger partial charge in [-0.25, -0.2) is 4.79 Å². The quantitative estimate of drug-likeness (QED) is 0.142. The Balaban J connectivity index is 0.00000320. The Morgan fingerprint density at radius 1 is 1.07 bits per heavy atom. The van der Waals surface area contributed by atoms with Crippen molar-refractivity contribution in [3.63, 3.8) is 0 Å². The maximum atomic E-state index is 12.3. The molecular weight excluding hydrogens is 412 g/mol. The lowest BCUT2D eigenvalue weighted by Gasteiger charge is -2.08. The van der Waals surface area contributed by atoms with Crippen molar-refractivity contribution in [1.82, 2.24) is 5.32 Å². The summed E-state index contributed by atoms with van der Waals surface area (Å²) in [7, 11) is 0. The van der Waals surface area contributed by atoms with E-state index in [0.29, 0.717) is 0 Å². The highest BCUT2D eigenvalue weighted by Gasteiger charge is 2.21. The maximum absolute atomic E-state index is 12.3. The third-order valence-electron chi connectivity index (χ3n) is 4.05. The standard InChI is InChI=1S/C20H16N4O5.ClH/c21-20(22)23-18(25)10-12-5-6-14-11-15(8-7-13(14)9-12)29-19(26)16-3-1-2-4-17(16)24(27)28;/h1-9,11H,10H2,(H4,21,22,23,25);1H. The van der Waals surface area contributed by atoms with Gasteiger partial charge in [0.1, 0.15) is 11.3 Å². The number of nitrogens with zero attached hydrogens (tertiary/aromatic N) is 1. The van der Waals surface area contributed by atoms with Gasteiger partial charge in [-0.05, 0) is 34.5 Å². The summed E-state index contributed by atoms with van der Waals surface area (Å²) in [5, 5.41) is 21.9. The molecule has 9 nitrogen and oxygen atoms in total. The lowest BCUT2D eigenvalue weighted by molar-refractivity contribution is -0.385. The van der Waals surface area contributed by atoms with Crippen LogP contribution in [0, 0.1) is 15.5 Å². The second-order valence-electron chi connectivity index (χ2n) is 6.15. The molecule has 4 N–H and O–H groups in total. The van der Waals surface area contributed by atoms with E-state index in [9.17, 15) is 19.7 Å². The molecule has 0 bridgehead atoms. The van der Waals surface area contributed by atoms with Crippen LogP contribution in [-0.4, -0.2) is 22.8 Å². The minimum absolute atomic E-state index is 0. The summed E-state index contributed by atoms with van der Waals surface area (Å²) >= 11 is 0. The van der Waals surface area contributed by atoms with Gasteiger partial charge in [0.05, 0.1) is 11.3 Å². The third-order valence-corrected chi connectivity index (χ3v) is 4.05. The Kier molecular flexibility index (Phi) is 7.05. The van der Waals surface area contributed by atoms with E-state index in [1.807, 2.05) is 0 Å². The molecule has 0 atom stereocenters. The Labute approximate surface area is 176 Å². The average molecular weight is 429 g/mol. The van der Waals surface area contributed by atoms with Crippen LogP contribution < -0.4 is 15.8 Å². The summed E-state index contributed by atoms with van der Waals surface area (Å²) in [4.78, 5) is 34.5. The van der Waals surface area contributed by atoms with Crippen LogP contribution in [0.4, 0.5) is 5.69 Å². The van der Waals surface area contributed by atoms with Crippen molar-refractivity contribution < 1.29 is 19.2 Å². The number of para-hydroxylation sites is 1. The number of halogens is 1. The fourth-order valence-electron chi connectivity index (χ4n) is 2.79. The van der Waals surface area contributed by atoms with Gasteiger partial charge in [0.25, 0.3) is 5.69 Å². The average Bonchev–Trinajstić information content (AvgIpc) is 2.67. The SMILES string of the molecule is Cl.N=C(N)NC(=O)Cc1ccc2cc(OC(=O)c3ccccc3[N+](=O)[O-])ccc2c1. The fourth-order valence-corrected chi connectivity index (χ4v) is 2.79. The Hall–Kier alpha value is -3.98. The summed E-state index contributed by atoms with van der Waals surface area (Å²) < 4.78 is 5.29. The third kappa shape index (κ3) is 5.30. The predicted molar refractivity (Wildman–Crippen MR) is 113 cm³/mol. The van der Waals surface area contributed by atoms with Gasteiger partial charge in [-0.3, -0.25) is 25.6 Å². The van der Waals surface area contributed by atoms with Crippen LogP contribution in [0.25, 0.3) is 10.8 Å². The second kappa shape index (κ2) is 9.48. The molecule has 0 saturated heterocycles. The smallest absolute Gasteiger partial charge is 0.350 e. The van der Waals surface area contributed by atoms with Crippen molar-refractivity contribution in [2.75, 3.05) is 0 Å². The second-order valence-corrected chi connectivity index (χ2v) is 6.15. The number of esters is 1. The largest absolute Gasteiger partial charge is 0.423 e. The molecule has 154 valence electrons. The Morgan fingerprint density at radius 2 is 1.73 bits per heavy atom. The molecule has 0 unspecified atom stereocenters. The van der Waals surface area contributed by atoms with E-state index in [0.717, 1.165) is 16.3 Å². The summed E-state index contributed by atoms with van der Waals surface area (Å²) in [6.45, 7) is 0. The number of fused-ring (bicyclic) bond motifs is 1. The topological polar surface area (TPSA) is 148 Å². The zero-order valence-electron chi connectivity index (χ0n) is 15.5. The van der Waals surface area contributed by atoms with Crippen LogP contribution in [0.5, 0.6) is 5.75 Å². The summed E-state index contributed by atoms with van der Waals surface area (Å²) in [5.41, 5.74) is 5.40. The number of hydrogen-bond acceptors (Lipinski definition) is 6. The first-order valence-electron chi connectivity index (χ1n) is 8.45. The van der Waals surface area contributed by atoms with Crippen LogP contribution >= 0.6 is 12.4 Å². The zero-order chi connectivity index (χ0) is 21.0. The van der Waals surface area contributed by atoms with Gasteiger partial charge in [0, 0.05) is 6.07 Å². The van der Waals surface area contributed by atoms with E-state index in [2.05, 4.69) is 5.32 Å². The lowest BCUT2D eigenvalue weighted by atomic mass is 10.0. The highest BCUT2D eigenvalue weighted by molar-refractivity contribution is 5.97. The Morgan fingerprint density at radius 3 is 2.43 bits per heavy atom. The van der Waals surface area contributed by atoms with Gasteiger partial charge >= 0.3 is 5.97 Å². The summed E-state index contributed by atoms with van der Waals surface area (Å²) in [5.74, 6) is -1.40. The van der Waals surface area contributed by atoms with Crippen molar-refractivity contribution in [2.45, 2.75) is 6.42 Å². The number of nitro groups is 1. The molecule has 0 aliphatic carbocycles. The first-order valence-corrected chi connectivity index (χ1v) is 8.45. The zero-order valence-corrected chi connectivity index (χ0v) is 16.3. The monoisotopic (exact) mass is 428 g/mol. The van der Waals surface area contributed by atoms with Crippen molar-refractivity contribution >= 4 is 46.7 Å². The van der Waals surface area contributed by atoms with Crippen LogP contribution in [-0.2, 0) is 11.2 Å². The lowest BCUT2D eigenvalue weighted by Crippen LogP contribution is -2.36. The number of rotatable bonds is 5. The summed E-state index contributed by atoms with van der Waals surface area (Å²) in [6, 6.07) is 15.7. The van der Waals surface area contributed by atoms with Crippen LogP contribution in [0.15, 0.2) is 60.7 Å². The Bertz CT molecular complexity index is 1150. The van der Waals surface area contributed by atoms with Gasteiger partial charge in [-0.15, -0.1) is 12.4 Å². The predicted octanol–water partition coefficient (Wildman–Crippen LogP) is 2.94. The number of carbonyl (C=O) groups is 2. The minimum atomic E-state index is -0.825. The van der Waals surface area contributed by atoms with Crippen LogP contribution in [0.3, 0.4) is 0 Å². The van der Waals surface area contributed by atoms with E-state index < -0.39 is 22.8 Å². The number of nitrogens with one attached hydrogen (secondary N) is 2. The number of nitro benzene ring substituents is 1. The van der Waals surface area contributed by atoms with Crippen molar-refractivity contribution in [3.05, 3.63) is 81.9 Å². The van der Waals surface area contributed by atoms with E-state index in [1.165, 1.54) is 24.3 Å². The molecule has 30 heavy (non-hydrogen) atoms. The number of hydrogen-bond donors (Lipinski definition) is 3. The van der Waals surface area contributed by atoms with E-state index in [4.69, 9.17) is 15.9 Å². The number of ether oxygens (including phenoxy) is 1. The van der Waals surface area contributed by atoms with E-state index >= 15 is 0 Å². The molecule has 0 aliphatic heterocycles. The molecule has 3 rings (SSSR count). The first-order chi connectivity index (χ1) is 13.8. The number of carbonyl (C=O) groups excluding carboxylic acids is 2. The van der Waals surface area contributed by atoms with Crippen LogP contribution in [0.1, 0.15) is 15.9 Å². The number of amides is 1. The molecule has 0 aromatic heterocycles. The first kappa shape index (κ1) is 22.3. The minimum Gasteiger partial charge on any atom is -0.423 e. The number of nitrogens with two attached hydrogens (primary N) is 1.